The van der Waals surface area contributed by atoms with Gasteiger partial charge in [-0.15, -0.1) is 0 Å². The van der Waals surface area contributed by atoms with E-state index in [2.05, 4.69) is 24.3 Å². The molecule has 6 aliphatic rings. The highest BCUT2D eigenvalue weighted by Gasteiger charge is 2.66. The standard InChI is InChI=1S/C26H24O8/c1-31-23(27)19-15-9-5-6-10(16(15)20(19)24(28)32-2)13(9)14-11-7-8-12(14)18-17(11)21(25(29)33-3)22(18)26(30)34-4/h5-12,15-18H,1-4H3. The number of hydrogen-bond donors (Lipinski definition) is 0. The van der Waals surface area contributed by atoms with Crippen molar-refractivity contribution in [1.29, 1.82) is 0 Å². The molecule has 0 N–H and O–H groups in total. The molecule has 8 unspecified atom stereocenters. The Labute approximate surface area is 195 Å². The van der Waals surface area contributed by atoms with Gasteiger partial charge in [0.05, 0.1) is 50.7 Å². The van der Waals surface area contributed by atoms with Crippen molar-refractivity contribution in [3.05, 3.63) is 57.7 Å². The minimum Gasteiger partial charge on any atom is -0.466 e. The number of esters is 4. The molecular formula is C26H24O8. The van der Waals surface area contributed by atoms with Gasteiger partial charge >= 0.3 is 23.9 Å². The van der Waals surface area contributed by atoms with Crippen molar-refractivity contribution in [3.63, 3.8) is 0 Å². The lowest BCUT2D eigenvalue weighted by molar-refractivity contribution is -0.142. The monoisotopic (exact) mass is 464 g/mol. The average molecular weight is 464 g/mol. The van der Waals surface area contributed by atoms with Crippen molar-refractivity contribution in [1.82, 2.24) is 0 Å². The van der Waals surface area contributed by atoms with Gasteiger partial charge in [0.1, 0.15) is 0 Å². The van der Waals surface area contributed by atoms with E-state index in [-0.39, 0.29) is 47.3 Å². The molecule has 0 saturated heterocycles. The molecule has 8 heteroatoms. The van der Waals surface area contributed by atoms with Crippen LogP contribution in [0.15, 0.2) is 57.7 Å². The van der Waals surface area contributed by atoms with Crippen LogP contribution in [0.4, 0.5) is 0 Å². The normalized spacial score (nSPS) is 37.3. The molecule has 8 nitrogen and oxygen atoms in total. The highest BCUT2D eigenvalue weighted by atomic mass is 16.5. The fraction of sp³-hybridized carbons (Fsp3) is 0.462. The summed E-state index contributed by atoms with van der Waals surface area (Å²) in [5.74, 6) is -2.65. The van der Waals surface area contributed by atoms with E-state index < -0.39 is 23.9 Å². The molecule has 0 spiro atoms. The molecule has 34 heavy (non-hydrogen) atoms. The van der Waals surface area contributed by atoms with Crippen LogP contribution in [-0.4, -0.2) is 52.3 Å². The highest BCUT2D eigenvalue weighted by Crippen LogP contribution is 2.70. The first-order valence-corrected chi connectivity index (χ1v) is 11.3. The molecule has 0 heterocycles. The predicted molar refractivity (Wildman–Crippen MR) is 115 cm³/mol. The zero-order valence-corrected chi connectivity index (χ0v) is 19.2. The van der Waals surface area contributed by atoms with Gasteiger partial charge in [-0.25, -0.2) is 19.2 Å². The number of carbonyl (C=O) groups is 4. The number of hydrogen-bond acceptors (Lipinski definition) is 8. The minimum absolute atomic E-state index is 0.0296. The van der Waals surface area contributed by atoms with Crippen molar-refractivity contribution < 1.29 is 38.1 Å². The maximum atomic E-state index is 12.6. The topological polar surface area (TPSA) is 105 Å². The SMILES string of the molecule is COC(=O)C1=C(C(=O)OC)C2C3C=CC(C3=C3C4C=CC3C3C(C(=O)OC)=C(C(=O)OC)C43)C12. The number of carbonyl (C=O) groups excluding carboxylic acids is 4. The third-order valence-corrected chi connectivity index (χ3v) is 8.68. The maximum Gasteiger partial charge on any atom is 0.334 e. The Morgan fingerprint density at radius 1 is 0.471 bits per heavy atom. The van der Waals surface area contributed by atoms with Crippen molar-refractivity contribution >= 4 is 23.9 Å². The summed E-state index contributed by atoms with van der Waals surface area (Å²) in [6.07, 6.45) is 8.45. The number of allylic oxidation sites excluding steroid dienone is 6. The maximum absolute atomic E-state index is 12.6. The van der Waals surface area contributed by atoms with Gasteiger partial charge in [-0.2, -0.15) is 0 Å². The summed E-state index contributed by atoms with van der Waals surface area (Å²) in [6.45, 7) is 0. The highest BCUT2D eigenvalue weighted by molar-refractivity contribution is 6.06. The number of rotatable bonds is 4. The van der Waals surface area contributed by atoms with E-state index in [1.165, 1.54) is 39.6 Å². The predicted octanol–water partition coefficient (Wildman–Crippen LogP) is 1.69. The summed E-state index contributed by atoms with van der Waals surface area (Å²) in [7, 11) is 5.25. The van der Waals surface area contributed by atoms with Crippen LogP contribution in [0.3, 0.4) is 0 Å². The van der Waals surface area contributed by atoms with Crippen LogP contribution in [0.5, 0.6) is 0 Å². The van der Waals surface area contributed by atoms with Gasteiger partial charge in [-0.3, -0.25) is 0 Å². The molecule has 2 fully saturated rings. The first-order valence-electron chi connectivity index (χ1n) is 11.3. The molecule has 2 saturated carbocycles. The first kappa shape index (κ1) is 21.1. The van der Waals surface area contributed by atoms with Crippen LogP contribution in [0.1, 0.15) is 0 Å². The van der Waals surface area contributed by atoms with Crippen LogP contribution in [-0.2, 0) is 38.1 Å². The number of fused-ring (bicyclic) bond motifs is 10. The minimum atomic E-state index is -0.498. The molecule has 6 rings (SSSR count). The van der Waals surface area contributed by atoms with Gasteiger partial charge in [0.15, 0.2) is 0 Å². The second kappa shape index (κ2) is 7.04. The van der Waals surface area contributed by atoms with Crippen LogP contribution in [0, 0.1) is 47.3 Å². The van der Waals surface area contributed by atoms with E-state index in [4.69, 9.17) is 18.9 Å². The molecule has 0 aromatic heterocycles. The Kier molecular flexibility index (Phi) is 4.38. The quantitative estimate of drug-likeness (QED) is 0.352. The van der Waals surface area contributed by atoms with Gasteiger partial charge in [0.2, 0.25) is 0 Å². The van der Waals surface area contributed by atoms with Crippen molar-refractivity contribution in [2.24, 2.45) is 47.3 Å². The molecule has 176 valence electrons. The largest absolute Gasteiger partial charge is 0.466 e. The van der Waals surface area contributed by atoms with E-state index in [0.717, 1.165) is 0 Å². The van der Waals surface area contributed by atoms with Gasteiger partial charge in [0, 0.05) is 47.3 Å². The summed E-state index contributed by atoms with van der Waals surface area (Å²) < 4.78 is 20.0. The Balaban J connectivity index is 1.43. The second-order valence-corrected chi connectivity index (χ2v) is 9.51. The Morgan fingerprint density at radius 3 is 0.853 bits per heavy atom. The molecule has 0 aliphatic heterocycles. The van der Waals surface area contributed by atoms with Crippen LogP contribution in [0.25, 0.3) is 0 Å². The summed E-state index contributed by atoms with van der Waals surface area (Å²) >= 11 is 0. The van der Waals surface area contributed by atoms with Gasteiger partial charge in [-0.1, -0.05) is 35.5 Å². The van der Waals surface area contributed by atoms with E-state index in [1.807, 2.05) is 0 Å². The van der Waals surface area contributed by atoms with E-state index in [0.29, 0.717) is 22.3 Å². The number of ether oxygens (including phenoxy) is 4. The zero-order chi connectivity index (χ0) is 24.0. The molecular weight excluding hydrogens is 440 g/mol. The molecule has 4 bridgehead atoms. The van der Waals surface area contributed by atoms with Crippen LogP contribution >= 0.6 is 0 Å². The molecule has 6 aliphatic carbocycles. The van der Waals surface area contributed by atoms with E-state index in [9.17, 15) is 19.2 Å². The summed E-state index contributed by atoms with van der Waals surface area (Å²) in [6, 6.07) is 0. The number of methoxy groups -OCH3 is 4. The van der Waals surface area contributed by atoms with Crippen molar-refractivity contribution in [2.75, 3.05) is 28.4 Å². The van der Waals surface area contributed by atoms with Crippen LogP contribution in [0.2, 0.25) is 0 Å². The fourth-order valence-electron chi connectivity index (χ4n) is 7.64. The zero-order valence-electron chi connectivity index (χ0n) is 19.2. The molecule has 0 aromatic carbocycles. The fourth-order valence-corrected chi connectivity index (χ4v) is 7.64. The molecule has 8 atom stereocenters. The van der Waals surface area contributed by atoms with E-state index >= 15 is 0 Å². The lowest BCUT2D eigenvalue weighted by Crippen LogP contribution is -2.41. The van der Waals surface area contributed by atoms with Crippen molar-refractivity contribution in [3.8, 4) is 0 Å². The van der Waals surface area contributed by atoms with Crippen molar-refractivity contribution in [2.45, 2.75) is 0 Å². The molecule has 0 aromatic rings. The Hall–Kier alpha value is -3.42. The Morgan fingerprint density at radius 2 is 0.676 bits per heavy atom. The molecule has 0 radical (unpaired) electrons. The third-order valence-electron chi connectivity index (χ3n) is 8.68. The third kappa shape index (κ3) is 2.24. The average Bonchev–Trinajstić information content (AvgIpc) is 3.52. The summed E-state index contributed by atoms with van der Waals surface area (Å²) in [5.41, 5.74) is 3.99. The van der Waals surface area contributed by atoms with Gasteiger partial charge < -0.3 is 18.9 Å². The lowest BCUT2D eigenvalue weighted by atomic mass is 9.63. The smallest absolute Gasteiger partial charge is 0.334 e. The van der Waals surface area contributed by atoms with E-state index in [1.54, 1.807) is 0 Å². The second-order valence-electron chi connectivity index (χ2n) is 9.51. The first-order chi connectivity index (χ1) is 16.4. The van der Waals surface area contributed by atoms with Gasteiger partial charge in [-0.05, 0) is 0 Å². The lowest BCUT2D eigenvalue weighted by Gasteiger charge is -2.39. The summed E-state index contributed by atoms with van der Waals surface area (Å²) in [5, 5.41) is 0. The van der Waals surface area contributed by atoms with Crippen LogP contribution < -0.4 is 0 Å². The Bertz CT molecular complexity index is 1050. The summed E-state index contributed by atoms with van der Waals surface area (Å²) in [4.78, 5) is 50.3. The molecule has 0 amide bonds. The van der Waals surface area contributed by atoms with Gasteiger partial charge in [0.25, 0.3) is 0 Å².